The number of hydrogen-bond donors (Lipinski definition) is 2. The maximum atomic E-state index is 12.7. The highest BCUT2D eigenvalue weighted by molar-refractivity contribution is 6.02. The predicted octanol–water partition coefficient (Wildman–Crippen LogP) is 0.486. The molecule has 3 atom stereocenters. The van der Waals surface area contributed by atoms with E-state index < -0.39 is 42.0 Å². The molecule has 1 aromatic rings. The van der Waals surface area contributed by atoms with Crippen LogP contribution in [0.3, 0.4) is 0 Å². The van der Waals surface area contributed by atoms with Gasteiger partial charge in [-0.05, 0) is 25.3 Å². The highest BCUT2D eigenvalue weighted by Crippen LogP contribution is 2.17. The number of imide groups is 1. The summed E-state index contributed by atoms with van der Waals surface area (Å²) in [5, 5.41) is 12.2. The summed E-state index contributed by atoms with van der Waals surface area (Å²) in [6, 6.07) is 5.88. The molecule has 0 unspecified atom stereocenters. The molecule has 1 saturated heterocycles. The number of benzene rings is 1. The molecule has 2 rings (SSSR count). The number of amides is 3. The minimum Gasteiger partial charge on any atom is -0.480 e. The number of carbonyl (C=O) groups excluding carboxylic acids is 3. The second-order valence-electron chi connectivity index (χ2n) is 6.71. The van der Waals surface area contributed by atoms with Gasteiger partial charge in [0.1, 0.15) is 6.04 Å². The van der Waals surface area contributed by atoms with Gasteiger partial charge in [0, 0.05) is 7.05 Å². The zero-order valence-corrected chi connectivity index (χ0v) is 16.1. The van der Waals surface area contributed by atoms with Gasteiger partial charge in [0.15, 0.2) is 6.04 Å². The molecular weight excluding hydrogens is 366 g/mol. The van der Waals surface area contributed by atoms with Crippen molar-refractivity contribution >= 4 is 23.9 Å². The normalized spacial score (nSPS) is 18.7. The summed E-state index contributed by atoms with van der Waals surface area (Å²) in [5.41, 5.74) is 1.03. The van der Waals surface area contributed by atoms with Gasteiger partial charge >= 0.3 is 18.0 Å². The molecule has 152 valence electrons. The van der Waals surface area contributed by atoms with Crippen molar-refractivity contribution in [3.8, 4) is 0 Å². The fourth-order valence-corrected chi connectivity index (χ4v) is 3.12. The number of hydrogen-bond acceptors (Lipinski definition) is 6. The molecule has 3 amide bonds. The molecule has 1 aliphatic heterocycles. The van der Waals surface area contributed by atoms with Crippen LogP contribution in [0.4, 0.5) is 4.79 Å². The average molecular weight is 391 g/mol. The number of carbonyl (C=O) groups is 4. The Morgan fingerprint density at radius 1 is 1.29 bits per heavy atom. The lowest BCUT2D eigenvalue weighted by molar-refractivity contribution is -0.148. The van der Waals surface area contributed by atoms with E-state index in [1.54, 1.807) is 0 Å². The summed E-state index contributed by atoms with van der Waals surface area (Å²) in [4.78, 5) is 50.4. The molecule has 9 heteroatoms. The molecule has 1 aliphatic rings. The van der Waals surface area contributed by atoms with E-state index in [2.05, 4.69) is 5.32 Å². The summed E-state index contributed by atoms with van der Waals surface area (Å²) in [6.07, 6.45) is 0.960. The minimum atomic E-state index is -1.26. The third kappa shape index (κ3) is 4.86. The van der Waals surface area contributed by atoms with Crippen molar-refractivity contribution in [2.45, 2.75) is 37.9 Å². The van der Waals surface area contributed by atoms with Gasteiger partial charge < -0.3 is 14.7 Å². The van der Waals surface area contributed by atoms with Crippen molar-refractivity contribution in [2.24, 2.45) is 0 Å². The molecule has 1 fully saturated rings. The summed E-state index contributed by atoms with van der Waals surface area (Å²) in [5.74, 6) is -2.49. The highest BCUT2D eigenvalue weighted by atomic mass is 16.5. The van der Waals surface area contributed by atoms with Gasteiger partial charge in [0.2, 0.25) is 5.91 Å². The van der Waals surface area contributed by atoms with E-state index in [1.807, 2.05) is 30.3 Å². The molecule has 2 N–H and O–H groups in total. The number of esters is 1. The number of rotatable bonds is 8. The molecule has 28 heavy (non-hydrogen) atoms. The summed E-state index contributed by atoms with van der Waals surface area (Å²) >= 11 is 0. The van der Waals surface area contributed by atoms with Gasteiger partial charge in [-0.1, -0.05) is 30.3 Å². The lowest BCUT2D eigenvalue weighted by Gasteiger charge is -2.25. The molecule has 1 heterocycles. The number of aryl methyl sites for hydroxylation is 1. The Morgan fingerprint density at radius 2 is 1.93 bits per heavy atom. The summed E-state index contributed by atoms with van der Waals surface area (Å²) in [6.45, 7) is 1.41. The van der Waals surface area contributed by atoms with Gasteiger partial charge in [-0.2, -0.15) is 0 Å². The second kappa shape index (κ2) is 9.32. The molecule has 9 nitrogen and oxygen atoms in total. The third-order valence-corrected chi connectivity index (χ3v) is 4.69. The number of methoxy groups -OCH3 is 1. The quantitative estimate of drug-likeness (QED) is 0.619. The van der Waals surface area contributed by atoms with Crippen LogP contribution >= 0.6 is 0 Å². The Morgan fingerprint density at radius 3 is 2.50 bits per heavy atom. The van der Waals surface area contributed by atoms with Crippen molar-refractivity contribution in [1.29, 1.82) is 0 Å². The zero-order chi connectivity index (χ0) is 20.8. The minimum absolute atomic E-state index is 0.0823. The molecule has 0 radical (unpaired) electrons. The van der Waals surface area contributed by atoms with Crippen LogP contribution in [-0.2, 0) is 25.5 Å². The zero-order valence-electron chi connectivity index (χ0n) is 16.1. The molecule has 0 aliphatic carbocycles. The number of ether oxygens (including phenoxy) is 1. The van der Waals surface area contributed by atoms with Crippen LogP contribution in [0.1, 0.15) is 18.9 Å². The van der Waals surface area contributed by atoms with E-state index in [9.17, 15) is 24.3 Å². The van der Waals surface area contributed by atoms with Crippen LogP contribution < -0.4 is 5.32 Å². The first-order valence-electron chi connectivity index (χ1n) is 8.95. The first-order valence-corrected chi connectivity index (χ1v) is 8.95. The molecular formula is C19H25N3O6. The summed E-state index contributed by atoms with van der Waals surface area (Å²) < 4.78 is 4.81. The van der Waals surface area contributed by atoms with E-state index in [4.69, 9.17) is 4.74 Å². The largest absolute Gasteiger partial charge is 0.480 e. The smallest absolute Gasteiger partial charge is 0.328 e. The average Bonchev–Trinajstić information content (AvgIpc) is 2.99. The number of nitrogens with zero attached hydrogens (tertiary/aromatic N) is 2. The summed E-state index contributed by atoms with van der Waals surface area (Å²) in [7, 11) is 2.69. The van der Waals surface area contributed by atoms with Crippen LogP contribution in [0.2, 0.25) is 0 Å². The highest BCUT2D eigenvalue weighted by Gasteiger charge is 2.45. The lowest BCUT2D eigenvalue weighted by Crippen LogP contribution is -2.54. The number of carboxylic acid groups (broad SMARTS) is 1. The van der Waals surface area contributed by atoms with E-state index in [-0.39, 0.29) is 6.54 Å². The molecule has 0 saturated carbocycles. The maximum absolute atomic E-state index is 12.7. The van der Waals surface area contributed by atoms with Crippen molar-refractivity contribution in [1.82, 2.24) is 15.1 Å². The fraction of sp³-hybridized carbons (Fsp3) is 0.474. The number of urea groups is 1. The van der Waals surface area contributed by atoms with Crippen LogP contribution in [0.15, 0.2) is 30.3 Å². The predicted molar refractivity (Wildman–Crippen MR) is 99.5 cm³/mol. The Bertz CT molecular complexity index is 738. The van der Waals surface area contributed by atoms with Gasteiger partial charge in [0.05, 0.1) is 19.7 Å². The van der Waals surface area contributed by atoms with Gasteiger partial charge in [-0.3, -0.25) is 14.9 Å². The monoisotopic (exact) mass is 391 g/mol. The van der Waals surface area contributed by atoms with E-state index in [0.717, 1.165) is 10.5 Å². The van der Waals surface area contributed by atoms with E-state index in [1.165, 1.54) is 26.0 Å². The SMILES string of the molecule is COC(=O)[C@H](CCc1ccccc1)N[C@@H](C)C(=O)N1C(=O)N(C)C[C@H]1C(=O)O. The first-order chi connectivity index (χ1) is 13.3. The first kappa shape index (κ1) is 21.4. The number of carboxylic acids is 1. The topological polar surface area (TPSA) is 116 Å². The van der Waals surface area contributed by atoms with Crippen molar-refractivity contribution in [3.63, 3.8) is 0 Å². The van der Waals surface area contributed by atoms with E-state index in [0.29, 0.717) is 12.8 Å². The Balaban J connectivity index is 2.08. The fourth-order valence-electron chi connectivity index (χ4n) is 3.12. The van der Waals surface area contributed by atoms with Gasteiger partial charge in [-0.25, -0.2) is 14.5 Å². The van der Waals surface area contributed by atoms with Crippen LogP contribution in [0.5, 0.6) is 0 Å². The standard InChI is InChI=1S/C19H25N3O6/c1-12(16(23)22-15(17(24)25)11-21(2)19(22)27)20-14(18(26)28-3)10-9-13-7-5-4-6-8-13/h4-8,12,14-15,20H,9-11H2,1-3H3,(H,24,25)/t12-,14-,15-/m0/s1. The van der Waals surface area contributed by atoms with Crippen LogP contribution in [0, 0.1) is 0 Å². The maximum Gasteiger partial charge on any atom is 0.328 e. The second-order valence-corrected chi connectivity index (χ2v) is 6.71. The Kier molecular flexibility index (Phi) is 7.11. The van der Waals surface area contributed by atoms with Gasteiger partial charge in [0.25, 0.3) is 0 Å². The Hall–Kier alpha value is -2.94. The van der Waals surface area contributed by atoms with E-state index >= 15 is 0 Å². The molecule has 0 spiro atoms. The van der Waals surface area contributed by atoms with Crippen molar-refractivity contribution < 1.29 is 29.0 Å². The Labute approximate surface area is 163 Å². The van der Waals surface area contributed by atoms with Crippen LogP contribution in [0.25, 0.3) is 0 Å². The molecule has 0 aromatic heterocycles. The third-order valence-electron chi connectivity index (χ3n) is 4.69. The molecule has 1 aromatic carbocycles. The van der Waals surface area contributed by atoms with Crippen LogP contribution in [-0.4, -0.2) is 77.6 Å². The van der Waals surface area contributed by atoms with Crippen molar-refractivity contribution in [3.05, 3.63) is 35.9 Å². The number of nitrogens with one attached hydrogen (secondary N) is 1. The van der Waals surface area contributed by atoms with Crippen molar-refractivity contribution in [2.75, 3.05) is 20.7 Å². The molecule has 0 bridgehead atoms. The van der Waals surface area contributed by atoms with Gasteiger partial charge in [-0.15, -0.1) is 0 Å². The lowest BCUT2D eigenvalue weighted by atomic mass is 10.0. The number of likely N-dealkylation sites (N-methyl/N-ethyl adjacent to an activating group) is 1. The number of aliphatic carboxylic acids is 1.